The fourth-order valence-electron chi connectivity index (χ4n) is 3.29. The Morgan fingerprint density at radius 2 is 2.24 bits per heavy atom. The average molecular weight is 297 g/mol. The molecule has 0 amide bonds. The van der Waals surface area contributed by atoms with Crippen LogP contribution in [0.25, 0.3) is 0 Å². The van der Waals surface area contributed by atoms with Crippen LogP contribution in [0.1, 0.15) is 44.9 Å². The Hall–Kier alpha value is -1.16. The lowest BCUT2D eigenvalue weighted by molar-refractivity contribution is -0.183. The molecule has 0 aromatic rings. The minimum absolute atomic E-state index is 0.0102. The minimum Gasteiger partial charge on any atom is -0.469 e. The Labute approximate surface area is 125 Å². The van der Waals surface area contributed by atoms with Crippen molar-refractivity contribution < 1.29 is 24.1 Å². The molecule has 6 heteroatoms. The molecule has 1 unspecified atom stereocenters. The zero-order valence-electron chi connectivity index (χ0n) is 12.4. The number of carbonyl (C=O) groups excluding carboxylic acids is 1. The lowest BCUT2D eigenvalue weighted by Gasteiger charge is -2.40. The molecule has 0 aromatic heterocycles. The van der Waals surface area contributed by atoms with Gasteiger partial charge >= 0.3 is 5.97 Å². The van der Waals surface area contributed by atoms with Gasteiger partial charge in [-0.3, -0.25) is 4.79 Å². The smallest absolute Gasteiger partial charge is 0.305 e. The van der Waals surface area contributed by atoms with E-state index < -0.39 is 5.60 Å². The molecule has 2 fully saturated rings. The van der Waals surface area contributed by atoms with Gasteiger partial charge in [-0.25, -0.2) is 0 Å². The standard InChI is InChI=1S/C15H23NO5/c1-19-14(18)7-5-12-9-15(10-17)13(20-12)6-4-11(21-15)3-2-8-16/h11-13,17H,2-7,9-10H2,1H3/t11-,12-,13-,15?/m0/s1. The fraction of sp³-hybridized carbons (Fsp3) is 0.867. The van der Waals surface area contributed by atoms with E-state index in [4.69, 9.17) is 14.7 Å². The highest BCUT2D eigenvalue weighted by molar-refractivity contribution is 5.69. The molecule has 0 radical (unpaired) electrons. The van der Waals surface area contributed by atoms with Crippen molar-refractivity contribution in [3.8, 4) is 6.07 Å². The zero-order valence-corrected chi connectivity index (χ0v) is 12.4. The number of nitrogens with zero attached hydrogens (tertiary/aromatic N) is 1. The summed E-state index contributed by atoms with van der Waals surface area (Å²) in [4.78, 5) is 11.2. The summed E-state index contributed by atoms with van der Waals surface area (Å²) in [5, 5.41) is 18.4. The summed E-state index contributed by atoms with van der Waals surface area (Å²) in [7, 11) is 1.37. The van der Waals surface area contributed by atoms with E-state index in [1.165, 1.54) is 7.11 Å². The zero-order chi connectivity index (χ0) is 15.3. The summed E-state index contributed by atoms with van der Waals surface area (Å²) < 4.78 is 16.7. The third-order valence-electron chi connectivity index (χ3n) is 4.41. The summed E-state index contributed by atoms with van der Waals surface area (Å²) in [5.74, 6) is -0.251. The first-order valence-electron chi connectivity index (χ1n) is 7.51. The molecular formula is C15H23NO5. The number of esters is 1. The molecule has 2 heterocycles. The Kier molecular flexibility index (Phi) is 5.57. The molecular weight excluding hydrogens is 274 g/mol. The monoisotopic (exact) mass is 297 g/mol. The lowest BCUT2D eigenvalue weighted by Crippen LogP contribution is -2.51. The quantitative estimate of drug-likeness (QED) is 0.744. The number of aliphatic hydroxyl groups excluding tert-OH is 1. The van der Waals surface area contributed by atoms with Crippen LogP contribution < -0.4 is 0 Å². The van der Waals surface area contributed by atoms with E-state index in [1.54, 1.807) is 0 Å². The fourth-order valence-corrected chi connectivity index (χ4v) is 3.29. The first-order chi connectivity index (χ1) is 10.1. The van der Waals surface area contributed by atoms with Crippen molar-refractivity contribution in [2.24, 2.45) is 0 Å². The van der Waals surface area contributed by atoms with Crippen LogP contribution in [0.15, 0.2) is 0 Å². The molecule has 6 nitrogen and oxygen atoms in total. The second-order valence-corrected chi connectivity index (χ2v) is 5.80. The number of hydrogen-bond acceptors (Lipinski definition) is 6. The van der Waals surface area contributed by atoms with Crippen molar-refractivity contribution in [1.82, 2.24) is 0 Å². The summed E-state index contributed by atoms with van der Waals surface area (Å²) in [6, 6.07) is 2.13. The van der Waals surface area contributed by atoms with Gasteiger partial charge in [0.15, 0.2) is 0 Å². The van der Waals surface area contributed by atoms with Crippen LogP contribution in [-0.4, -0.2) is 48.7 Å². The molecule has 1 N–H and O–H groups in total. The van der Waals surface area contributed by atoms with Gasteiger partial charge in [-0.05, 0) is 25.7 Å². The number of nitriles is 1. The van der Waals surface area contributed by atoms with Crippen molar-refractivity contribution in [1.29, 1.82) is 5.26 Å². The van der Waals surface area contributed by atoms with Crippen LogP contribution in [0.5, 0.6) is 0 Å². The topological polar surface area (TPSA) is 88.8 Å². The van der Waals surface area contributed by atoms with Gasteiger partial charge in [-0.15, -0.1) is 0 Å². The van der Waals surface area contributed by atoms with Gasteiger partial charge in [0.25, 0.3) is 0 Å². The first-order valence-corrected chi connectivity index (χ1v) is 7.51. The normalized spacial score (nSPS) is 35.0. The van der Waals surface area contributed by atoms with Gasteiger partial charge < -0.3 is 19.3 Å². The maximum atomic E-state index is 11.2. The van der Waals surface area contributed by atoms with Crippen molar-refractivity contribution in [2.45, 2.75) is 68.9 Å². The van der Waals surface area contributed by atoms with E-state index in [1.807, 2.05) is 0 Å². The number of methoxy groups -OCH3 is 1. The number of fused-ring (bicyclic) bond motifs is 1. The molecule has 2 saturated heterocycles. The highest BCUT2D eigenvalue weighted by Crippen LogP contribution is 2.43. The van der Waals surface area contributed by atoms with E-state index in [0.29, 0.717) is 32.1 Å². The molecule has 118 valence electrons. The molecule has 0 bridgehead atoms. The molecule has 4 atom stereocenters. The Morgan fingerprint density at radius 1 is 1.43 bits per heavy atom. The minimum atomic E-state index is -0.668. The first kappa shape index (κ1) is 16.2. The maximum Gasteiger partial charge on any atom is 0.305 e. The van der Waals surface area contributed by atoms with E-state index in [9.17, 15) is 9.90 Å². The number of carbonyl (C=O) groups is 1. The molecule has 2 aliphatic rings. The Balaban J connectivity index is 1.92. The highest BCUT2D eigenvalue weighted by Gasteiger charge is 2.52. The summed E-state index contributed by atoms with van der Waals surface area (Å²) in [5.41, 5.74) is -0.668. The van der Waals surface area contributed by atoms with Crippen LogP contribution in [0, 0.1) is 11.3 Å². The van der Waals surface area contributed by atoms with Crippen LogP contribution in [-0.2, 0) is 19.0 Å². The van der Waals surface area contributed by atoms with Crippen molar-refractivity contribution in [3.05, 3.63) is 0 Å². The van der Waals surface area contributed by atoms with E-state index in [0.717, 1.165) is 12.8 Å². The SMILES string of the molecule is COC(=O)CC[C@H]1CC2(CO)O[C@@H](CCC#N)CC[C@@H]2O1. The third kappa shape index (κ3) is 3.73. The number of ether oxygens (including phenoxy) is 3. The largest absolute Gasteiger partial charge is 0.469 e. The molecule has 2 rings (SSSR count). The second-order valence-electron chi connectivity index (χ2n) is 5.80. The second kappa shape index (κ2) is 7.21. The van der Waals surface area contributed by atoms with Gasteiger partial charge in [0.2, 0.25) is 0 Å². The average Bonchev–Trinajstić information content (AvgIpc) is 2.88. The number of rotatable bonds is 6. The van der Waals surface area contributed by atoms with Crippen molar-refractivity contribution >= 4 is 5.97 Å². The molecule has 0 aliphatic carbocycles. The van der Waals surface area contributed by atoms with Crippen molar-refractivity contribution in [2.75, 3.05) is 13.7 Å². The van der Waals surface area contributed by atoms with Crippen LogP contribution in [0.2, 0.25) is 0 Å². The molecule has 0 aromatic carbocycles. The van der Waals surface area contributed by atoms with E-state index in [2.05, 4.69) is 10.8 Å². The van der Waals surface area contributed by atoms with E-state index in [-0.39, 0.29) is 30.9 Å². The van der Waals surface area contributed by atoms with Gasteiger partial charge in [-0.2, -0.15) is 5.26 Å². The molecule has 0 saturated carbocycles. The maximum absolute atomic E-state index is 11.2. The van der Waals surface area contributed by atoms with E-state index >= 15 is 0 Å². The predicted octanol–water partition coefficient (Wildman–Crippen LogP) is 1.31. The predicted molar refractivity (Wildman–Crippen MR) is 73.3 cm³/mol. The number of hydrogen-bond donors (Lipinski definition) is 1. The molecule has 0 spiro atoms. The van der Waals surface area contributed by atoms with Crippen LogP contribution in [0.4, 0.5) is 0 Å². The van der Waals surface area contributed by atoms with Gasteiger partial charge in [0, 0.05) is 19.3 Å². The Bertz CT molecular complexity index is 407. The van der Waals surface area contributed by atoms with Crippen LogP contribution in [0.3, 0.4) is 0 Å². The van der Waals surface area contributed by atoms with Gasteiger partial charge in [-0.1, -0.05) is 0 Å². The Morgan fingerprint density at radius 3 is 2.90 bits per heavy atom. The van der Waals surface area contributed by atoms with Crippen molar-refractivity contribution in [3.63, 3.8) is 0 Å². The third-order valence-corrected chi connectivity index (χ3v) is 4.41. The lowest BCUT2D eigenvalue weighted by atomic mass is 9.86. The summed E-state index contributed by atoms with van der Waals surface area (Å²) in [6.07, 6.45) is 4.11. The van der Waals surface area contributed by atoms with Gasteiger partial charge in [0.1, 0.15) is 5.60 Å². The number of aliphatic hydroxyl groups is 1. The highest BCUT2D eigenvalue weighted by atomic mass is 16.6. The molecule has 2 aliphatic heterocycles. The van der Waals surface area contributed by atoms with Gasteiger partial charge in [0.05, 0.1) is 38.1 Å². The summed E-state index contributed by atoms with van der Waals surface area (Å²) in [6.45, 7) is -0.0879. The summed E-state index contributed by atoms with van der Waals surface area (Å²) >= 11 is 0. The van der Waals surface area contributed by atoms with Crippen LogP contribution >= 0.6 is 0 Å². The molecule has 21 heavy (non-hydrogen) atoms.